The minimum atomic E-state index is -0.620. The van der Waals surface area contributed by atoms with Gasteiger partial charge in [0.15, 0.2) is 6.61 Å². The summed E-state index contributed by atoms with van der Waals surface area (Å²) in [7, 11) is 5.67. The number of amides is 1. The summed E-state index contributed by atoms with van der Waals surface area (Å²) >= 11 is 5.92. The van der Waals surface area contributed by atoms with Crippen molar-refractivity contribution in [1.29, 1.82) is 0 Å². The molecule has 0 atom stereocenters. The molecule has 0 N–H and O–H groups in total. The topological polar surface area (TPSA) is 49.9 Å². The van der Waals surface area contributed by atoms with Gasteiger partial charge in [-0.2, -0.15) is 0 Å². The van der Waals surface area contributed by atoms with Gasteiger partial charge in [0.05, 0.1) is 5.41 Å². The highest BCUT2D eigenvalue weighted by atomic mass is 35.5. The first kappa shape index (κ1) is 20.2. The predicted octanol–water partition coefficient (Wildman–Crippen LogP) is 3.64. The Hall–Kier alpha value is -2.53. The van der Waals surface area contributed by atoms with E-state index in [4.69, 9.17) is 16.3 Å². The smallest absolute Gasteiger partial charge is 0.317 e. The standard InChI is InChI=1S/C22H25ClN2O3/c1-24(2)19-10-4-16(5-11-19)14-25(3)20(26)15-28-21(27)22(12-13-22)17-6-8-18(23)9-7-17/h4-11H,12-15H2,1-3H3. The summed E-state index contributed by atoms with van der Waals surface area (Å²) in [5, 5.41) is 0.628. The number of carbonyl (C=O) groups excluding carboxylic acids is 2. The molecular formula is C22H25ClN2O3. The Kier molecular flexibility index (Phi) is 5.94. The van der Waals surface area contributed by atoms with Crippen molar-refractivity contribution < 1.29 is 14.3 Å². The minimum absolute atomic E-state index is 0.225. The zero-order valence-electron chi connectivity index (χ0n) is 16.4. The number of hydrogen-bond donors (Lipinski definition) is 0. The van der Waals surface area contributed by atoms with Crippen LogP contribution in [0.2, 0.25) is 5.02 Å². The van der Waals surface area contributed by atoms with Crippen LogP contribution in [0.3, 0.4) is 0 Å². The predicted molar refractivity (Wildman–Crippen MR) is 111 cm³/mol. The van der Waals surface area contributed by atoms with Crippen LogP contribution in [0.1, 0.15) is 24.0 Å². The number of esters is 1. The Labute approximate surface area is 170 Å². The summed E-state index contributed by atoms with van der Waals surface area (Å²) in [6.45, 7) is 0.215. The summed E-state index contributed by atoms with van der Waals surface area (Å²) < 4.78 is 5.36. The third kappa shape index (κ3) is 4.47. The fourth-order valence-electron chi connectivity index (χ4n) is 3.14. The summed E-state index contributed by atoms with van der Waals surface area (Å²) in [4.78, 5) is 28.5. The molecule has 0 radical (unpaired) electrons. The number of likely N-dealkylation sites (N-methyl/N-ethyl adjacent to an activating group) is 1. The molecule has 0 bridgehead atoms. The lowest BCUT2D eigenvalue weighted by Gasteiger charge is -2.20. The molecule has 2 aromatic rings. The van der Waals surface area contributed by atoms with Gasteiger partial charge in [0.1, 0.15) is 0 Å². The van der Waals surface area contributed by atoms with Crippen LogP contribution in [0.15, 0.2) is 48.5 Å². The largest absolute Gasteiger partial charge is 0.455 e. The first-order valence-electron chi connectivity index (χ1n) is 9.25. The Balaban J connectivity index is 1.53. The average molecular weight is 401 g/mol. The van der Waals surface area contributed by atoms with Crippen LogP contribution >= 0.6 is 11.6 Å². The molecule has 1 aliphatic carbocycles. The van der Waals surface area contributed by atoms with E-state index < -0.39 is 5.41 Å². The van der Waals surface area contributed by atoms with Crippen molar-refractivity contribution in [3.8, 4) is 0 Å². The lowest BCUT2D eigenvalue weighted by Crippen LogP contribution is -2.33. The van der Waals surface area contributed by atoms with E-state index in [0.29, 0.717) is 11.6 Å². The zero-order chi connectivity index (χ0) is 20.3. The van der Waals surface area contributed by atoms with Crippen LogP contribution in [-0.4, -0.2) is 44.5 Å². The van der Waals surface area contributed by atoms with Gasteiger partial charge < -0.3 is 14.5 Å². The fourth-order valence-corrected chi connectivity index (χ4v) is 3.27. The van der Waals surface area contributed by atoms with Crippen LogP contribution in [0.25, 0.3) is 0 Å². The first-order chi connectivity index (χ1) is 13.3. The number of halogens is 1. The normalized spacial score (nSPS) is 14.3. The van der Waals surface area contributed by atoms with Crippen molar-refractivity contribution in [1.82, 2.24) is 4.90 Å². The second kappa shape index (κ2) is 8.23. The third-order valence-electron chi connectivity index (χ3n) is 5.16. The maximum absolute atomic E-state index is 12.6. The molecule has 1 amide bonds. The molecule has 6 heteroatoms. The second-order valence-corrected chi connectivity index (χ2v) is 7.91. The van der Waals surface area contributed by atoms with Crippen molar-refractivity contribution >= 4 is 29.2 Å². The highest BCUT2D eigenvalue weighted by molar-refractivity contribution is 6.30. The quantitative estimate of drug-likeness (QED) is 0.666. The first-order valence-corrected chi connectivity index (χ1v) is 9.63. The Morgan fingerprint density at radius 1 is 1.00 bits per heavy atom. The molecule has 3 rings (SSSR count). The molecule has 0 saturated heterocycles. The van der Waals surface area contributed by atoms with Crippen molar-refractivity contribution in [3.05, 3.63) is 64.7 Å². The number of rotatable bonds is 7. The lowest BCUT2D eigenvalue weighted by molar-refractivity contribution is -0.154. The molecule has 2 aromatic carbocycles. The van der Waals surface area contributed by atoms with Gasteiger partial charge in [-0.3, -0.25) is 9.59 Å². The number of benzene rings is 2. The summed E-state index contributed by atoms with van der Waals surface area (Å²) in [5.74, 6) is -0.566. The summed E-state index contributed by atoms with van der Waals surface area (Å²) in [5.41, 5.74) is 2.39. The Morgan fingerprint density at radius 3 is 2.14 bits per heavy atom. The monoisotopic (exact) mass is 400 g/mol. The summed E-state index contributed by atoms with van der Waals surface area (Å²) in [6, 6.07) is 15.2. The van der Waals surface area contributed by atoms with E-state index in [1.54, 1.807) is 24.1 Å². The lowest BCUT2D eigenvalue weighted by atomic mass is 9.96. The van der Waals surface area contributed by atoms with Crippen molar-refractivity contribution in [2.45, 2.75) is 24.8 Å². The molecule has 28 heavy (non-hydrogen) atoms. The highest BCUT2D eigenvalue weighted by Gasteiger charge is 2.52. The van der Waals surface area contributed by atoms with E-state index >= 15 is 0 Å². The molecule has 0 aliphatic heterocycles. The molecule has 0 unspecified atom stereocenters. The van der Waals surface area contributed by atoms with Gasteiger partial charge in [-0.05, 0) is 48.2 Å². The van der Waals surface area contributed by atoms with E-state index in [1.807, 2.05) is 55.4 Å². The number of nitrogens with zero attached hydrogens (tertiary/aromatic N) is 2. The van der Waals surface area contributed by atoms with Crippen LogP contribution in [0.4, 0.5) is 5.69 Å². The zero-order valence-corrected chi connectivity index (χ0v) is 17.2. The van der Waals surface area contributed by atoms with Crippen LogP contribution in [0, 0.1) is 0 Å². The third-order valence-corrected chi connectivity index (χ3v) is 5.41. The second-order valence-electron chi connectivity index (χ2n) is 7.48. The van der Waals surface area contributed by atoms with E-state index in [-0.39, 0.29) is 18.5 Å². The van der Waals surface area contributed by atoms with Crippen LogP contribution in [-0.2, 0) is 26.3 Å². The molecule has 5 nitrogen and oxygen atoms in total. The molecule has 1 aliphatic rings. The number of ether oxygens (including phenoxy) is 1. The molecule has 148 valence electrons. The SMILES string of the molecule is CN(Cc1ccc(N(C)C)cc1)C(=O)COC(=O)C1(c2ccc(Cl)cc2)CC1. The number of carbonyl (C=O) groups is 2. The molecule has 0 heterocycles. The fraction of sp³-hybridized carbons (Fsp3) is 0.364. The van der Waals surface area contributed by atoms with Crippen molar-refractivity contribution in [2.24, 2.45) is 0 Å². The summed E-state index contributed by atoms with van der Waals surface area (Å²) in [6.07, 6.45) is 1.46. The molecule has 0 aromatic heterocycles. The minimum Gasteiger partial charge on any atom is -0.455 e. The van der Waals surface area contributed by atoms with Gasteiger partial charge >= 0.3 is 5.97 Å². The van der Waals surface area contributed by atoms with Crippen LogP contribution in [0.5, 0.6) is 0 Å². The maximum Gasteiger partial charge on any atom is 0.317 e. The number of hydrogen-bond acceptors (Lipinski definition) is 4. The van der Waals surface area contributed by atoms with Gasteiger partial charge in [0.2, 0.25) is 0 Å². The van der Waals surface area contributed by atoms with Gasteiger partial charge in [-0.25, -0.2) is 0 Å². The average Bonchev–Trinajstić information content (AvgIpc) is 3.48. The number of anilines is 1. The van der Waals surface area contributed by atoms with E-state index in [1.165, 1.54) is 0 Å². The van der Waals surface area contributed by atoms with Gasteiger partial charge in [-0.1, -0.05) is 35.9 Å². The maximum atomic E-state index is 12.6. The van der Waals surface area contributed by atoms with E-state index in [9.17, 15) is 9.59 Å². The van der Waals surface area contributed by atoms with Crippen molar-refractivity contribution in [2.75, 3.05) is 32.6 Å². The molecule has 0 spiro atoms. The van der Waals surface area contributed by atoms with Crippen LogP contribution < -0.4 is 4.90 Å². The van der Waals surface area contributed by atoms with E-state index in [2.05, 4.69) is 0 Å². The molecule has 1 saturated carbocycles. The Bertz CT molecular complexity index is 843. The molecular weight excluding hydrogens is 376 g/mol. The Morgan fingerprint density at radius 2 is 1.61 bits per heavy atom. The van der Waals surface area contributed by atoms with E-state index in [0.717, 1.165) is 29.7 Å². The van der Waals surface area contributed by atoms with Gasteiger partial charge in [-0.15, -0.1) is 0 Å². The van der Waals surface area contributed by atoms with Gasteiger partial charge in [0.25, 0.3) is 5.91 Å². The van der Waals surface area contributed by atoms with Gasteiger partial charge in [0, 0.05) is 38.4 Å². The van der Waals surface area contributed by atoms with Crippen molar-refractivity contribution in [3.63, 3.8) is 0 Å². The molecule has 1 fully saturated rings. The highest BCUT2D eigenvalue weighted by Crippen LogP contribution is 2.49.